The lowest BCUT2D eigenvalue weighted by Crippen LogP contribution is -2.40. The van der Waals surface area contributed by atoms with Crippen LogP contribution in [-0.4, -0.2) is 22.1 Å². The molecule has 1 aromatic carbocycles. The van der Waals surface area contributed by atoms with Crippen LogP contribution in [0.5, 0.6) is 0 Å². The van der Waals surface area contributed by atoms with E-state index in [9.17, 15) is 0 Å². The minimum absolute atomic E-state index is 0.684. The van der Waals surface area contributed by atoms with E-state index >= 15 is 0 Å². The van der Waals surface area contributed by atoms with Gasteiger partial charge in [0, 0.05) is 19.1 Å². The Balaban J connectivity index is 1.63. The average molecular weight is 285 g/mol. The molecular weight excluding hydrogens is 258 g/mol. The Morgan fingerprint density at radius 3 is 2.90 bits per heavy atom. The van der Waals surface area contributed by atoms with Gasteiger partial charge in [-0.05, 0) is 43.7 Å². The molecule has 0 radical (unpaired) electrons. The molecular formula is C18H27N3. The lowest BCUT2D eigenvalue weighted by atomic mass is 9.80. The molecule has 114 valence electrons. The molecule has 3 unspecified atom stereocenters. The standard InChI is InChI=1S/C18H27N3/c1-13-8-9-14(2)17(12-13)19-10-11-21-15(3)20-16-6-4-5-7-18(16)21/h4-7,13-14,17,19H,8-12H2,1-3H3. The Kier molecular flexibility index (Phi) is 4.29. The summed E-state index contributed by atoms with van der Waals surface area (Å²) in [6, 6.07) is 9.10. The van der Waals surface area contributed by atoms with Crippen LogP contribution in [-0.2, 0) is 6.54 Å². The number of imidazole rings is 1. The van der Waals surface area contributed by atoms with Crippen LogP contribution < -0.4 is 5.32 Å². The lowest BCUT2D eigenvalue weighted by molar-refractivity contribution is 0.227. The number of fused-ring (bicyclic) bond motifs is 1. The van der Waals surface area contributed by atoms with Gasteiger partial charge in [-0.1, -0.05) is 32.4 Å². The van der Waals surface area contributed by atoms with Crippen LogP contribution in [0.4, 0.5) is 0 Å². The maximum absolute atomic E-state index is 4.64. The second-order valence-corrected chi connectivity index (χ2v) is 6.76. The summed E-state index contributed by atoms with van der Waals surface area (Å²) in [5, 5.41) is 3.78. The van der Waals surface area contributed by atoms with Gasteiger partial charge in [-0.15, -0.1) is 0 Å². The van der Waals surface area contributed by atoms with Gasteiger partial charge < -0.3 is 9.88 Å². The first-order chi connectivity index (χ1) is 10.1. The van der Waals surface area contributed by atoms with Crippen molar-refractivity contribution in [1.29, 1.82) is 0 Å². The van der Waals surface area contributed by atoms with Gasteiger partial charge in [-0.25, -0.2) is 4.98 Å². The largest absolute Gasteiger partial charge is 0.327 e. The summed E-state index contributed by atoms with van der Waals surface area (Å²) in [5.41, 5.74) is 2.36. The normalized spacial score (nSPS) is 26.3. The van der Waals surface area contributed by atoms with Gasteiger partial charge in [0.1, 0.15) is 5.82 Å². The number of aryl methyl sites for hydroxylation is 1. The highest BCUT2D eigenvalue weighted by Crippen LogP contribution is 2.28. The van der Waals surface area contributed by atoms with Crippen LogP contribution in [0, 0.1) is 18.8 Å². The zero-order chi connectivity index (χ0) is 14.8. The smallest absolute Gasteiger partial charge is 0.106 e. The van der Waals surface area contributed by atoms with Crippen molar-refractivity contribution in [3.05, 3.63) is 30.1 Å². The minimum Gasteiger partial charge on any atom is -0.327 e. The third-order valence-corrected chi connectivity index (χ3v) is 5.05. The molecule has 1 aliphatic carbocycles. The zero-order valence-electron chi connectivity index (χ0n) is 13.5. The molecule has 1 saturated carbocycles. The van der Waals surface area contributed by atoms with Crippen molar-refractivity contribution in [3.63, 3.8) is 0 Å². The van der Waals surface area contributed by atoms with Gasteiger partial charge in [-0.2, -0.15) is 0 Å². The molecule has 3 atom stereocenters. The molecule has 0 aliphatic heterocycles. The van der Waals surface area contributed by atoms with E-state index in [1.54, 1.807) is 0 Å². The van der Waals surface area contributed by atoms with Crippen LogP contribution in [0.25, 0.3) is 11.0 Å². The van der Waals surface area contributed by atoms with Crippen LogP contribution in [0.3, 0.4) is 0 Å². The molecule has 1 N–H and O–H groups in total. The van der Waals surface area contributed by atoms with Crippen molar-refractivity contribution in [2.45, 2.75) is 52.6 Å². The lowest BCUT2D eigenvalue weighted by Gasteiger charge is -2.33. The van der Waals surface area contributed by atoms with Crippen LogP contribution >= 0.6 is 0 Å². The van der Waals surface area contributed by atoms with Gasteiger partial charge in [0.25, 0.3) is 0 Å². The summed E-state index contributed by atoms with van der Waals surface area (Å²) in [6.45, 7) is 8.91. The maximum atomic E-state index is 4.64. The molecule has 1 aromatic heterocycles. The summed E-state index contributed by atoms with van der Waals surface area (Å²) < 4.78 is 2.33. The Hall–Kier alpha value is -1.35. The minimum atomic E-state index is 0.684. The quantitative estimate of drug-likeness (QED) is 0.927. The van der Waals surface area contributed by atoms with Crippen molar-refractivity contribution in [3.8, 4) is 0 Å². The third kappa shape index (κ3) is 3.13. The van der Waals surface area contributed by atoms with Crippen molar-refractivity contribution in [1.82, 2.24) is 14.9 Å². The Labute approximate surface area is 127 Å². The van der Waals surface area contributed by atoms with E-state index in [1.807, 2.05) is 0 Å². The van der Waals surface area contributed by atoms with Gasteiger partial charge in [0.15, 0.2) is 0 Å². The van der Waals surface area contributed by atoms with Gasteiger partial charge in [-0.3, -0.25) is 0 Å². The van der Waals surface area contributed by atoms with Crippen LogP contribution in [0.2, 0.25) is 0 Å². The summed E-state index contributed by atoms with van der Waals surface area (Å²) in [5.74, 6) is 2.79. The number of hydrogen-bond acceptors (Lipinski definition) is 2. The van der Waals surface area contributed by atoms with E-state index in [2.05, 4.69) is 59.9 Å². The number of benzene rings is 1. The van der Waals surface area contributed by atoms with E-state index in [0.29, 0.717) is 6.04 Å². The molecule has 1 fully saturated rings. The van der Waals surface area contributed by atoms with Crippen LogP contribution in [0.15, 0.2) is 24.3 Å². The number of rotatable bonds is 4. The van der Waals surface area contributed by atoms with Gasteiger partial charge in [0.2, 0.25) is 0 Å². The Morgan fingerprint density at radius 2 is 2.05 bits per heavy atom. The molecule has 3 heteroatoms. The predicted octanol–water partition coefficient (Wildman–Crippen LogP) is 3.76. The molecule has 1 heterocycles. The van der Waals surface area contributed by atoms with E-state index in [4.69, 9.17) is 0 Å². The van der Waals surface area contributed by atoms with Crippen molar-refractivity contribution in [2.75, 3.05) is 6.54 Å². The first-order valence-electron chi connectivity index (χ1n) is 8.30. The first-order valence-corrected chi connectivity index (χ1v) is 8.30. The van der Waals surface area contributed by atoms with Crippen molar-refractivity contribution >= 4 is 11.0 Å². The maximum Gasteiger partial charge on any atom is 0.106 e. The molecule has 21 heavy (non-hydrogen) atoms. The number of nitrogens with one attached hydrogen (secondary N) is 1. The molecule has 3 nitrogen and oxygen atoms in total. The SMILES string of the molecule is Cc1nc2ccccc2n1CCNC1CC(C)CCC1C. The fourth-order valence-electron chi connectivity index (χ4n) is 3.66. The second-order valence-electron chi connectivity index (χ2n) is 6.76. The number of para-hydroxylation sites is 2. The zero-order valence-corrected chi connectivity index (χ0v) is 13.5. The monoisotopic (exact) mass is 285 g/mol. The number of aromatic nitrogens is 2. The molecule has 3 rings (SSSR count). The summed E-state index contributed by atoms with van der Waals surface area (Å²) in [7, 11) is 0. The van der Waals surface area contributed by atoms with Gasteiger partial charge in [0.05, 0.1) is 11.0 Å². The molecule has 0 saturated heterocycles. The fraction of sp³-hybridized carbons (Fsp3) is 0.611. The molecule has 0 bridgehead atoms. The second kappa shape index (κ2) is 6.18. The summed E-state index contributed by atoms with van der Waals surface area (Å²) in [6.07, 6.45) is 4.08. The first kappa shape index (κ1) is 14.6. The molecule has 2 aromatic rings. The topological polar surface area (TPSA) is 29.9 Å². The summed E-state index contributed by atoms with van der Waals surface area (Å²) >= 11 is 0. The average Bonchev–Trinajstić information content (AvgIpc) is 2.79. The highest BCUT2D eigenvalue weighted by Gasteiger charge is 2.24. The Morgan fingerprint density at radius 1 is 1.24 bits per heavy atom. The highest BCUT2D eigenvalue weighted by molar-refractivity contribution is 5.75. The van der Waals surface area contributed by atoms with Crippen molar-refractivity contribution < 1.29 is 0 Å². The molecule has 0 amide bonds. The van der Waals surface area contributed by atoms with E-state index in [-0.39, 0.29) is 0 Å². The molecule has 0 spiro atoms. The van der Waals surface area contributed by atoms with Gasteiger partial charge >= 0.3 is 0 Å². The predicted molar refractivity (Wildman–Crippen MR) is 88.4 cm³/mol. The fourth-order valence-corrected chi connectivity index (χ4v) is 3.66. The van der Waals surface area contributed by atoms with Crippen molar-refractivity contribution in [2.24, 2.45) is 11.8 Å². The highest BCUT2D eigenvalue weighted by atomic mass is 15.1. The van der Waals surface area contributed by atoms with E-state index in [1.165, 1.54) is 24.8 Å². The number of nitrogens with zero attached hydrogens (tertiary/aromatic N) is 2. The van der Waals surface area contributed by atoms with Crippen LogP contribution in [0.1, 0.15) is 38.9 Å². The Bertz CT molecular complexity index is 602. The van der Waals surface area contributed by atoms with E-state index in [0.717, 1.165) is 36.3 Å². The van der Waals surface area contributed by atoms with E-state index < -0.39 is 0 Å². The molecule has 1 aliphatic rings. The summed E-state index contributed by atoms with van der Waals surface area (Å²) in [4.78, 5) is 4.64. The number of hydrogen-bond donors (Lipinski definition) is 1. The third-order valence-electron chi connectivity index (χ3n) is 5.05.